The molecule has 3 rings (SSSR count). The van der Waals surface area contributed by atoms with E-state index in [1.54, 1.807) is 23.1 Å². The van der Waals surface area contributed by atoms with E-state index in [1.807, 2.05) is 18.5 Å². The minimum atomic E-state index is 0.314. The molecule has 0 spiro atoms. The van der Waals surface area contributed by atoms with Crippen molar-refractivity contribution in [2.75, 3.05) is 24.2 Å². The second kappa shape index (κ2) is 7.80. The van der Waals surface area contributed by atoms with Crippen LogP contribution in [0.2, 0.25) is 0 Å². The van der Waals surface area contributed by atoms with Gasteiger partial charge in [-0.05, 0) is 45.9 Å². The average Bonchev–Trinajstić information content (AvgIpc) is 2.94. The van der Waals surface area contributed by atoms with Crippen molar-refractivity contribution in [3.8, 4) is 0 Å². The van der Waals surface area contributed by atoms with Crippen molar-refractivity contribution in [1.29, 1.82) is 0 Å². The molecule has 0 aliphatic carbocycles. The van der Waals surface area contributed by atoms with Gasteiger partial charge in [-0.25, -0.2) is 15.0 Å². The van der Waals surface area contributed by atoms with Crippen LogP contribution in [0.5, 0.6) is 0 Å². The van der Waals surface area contributed by atoms with E-state index in [-0.39, 0.29) is 0 Å². The molecule has 0 radical (unpaired) electrons. The maximum atomic E-state index is 4.68. The predicted octanol–water partition coefficient (Wildman–Crippen LogP) is 3.59. The summed E-state index contributed by atoms with van der Waals surface area (Å²) in [5.74, 6) is 1.05. The van der Waals surface area contributed by atoms with E-state index in [1.165, 1.54) is 10.6 Å². The van der Waals surface area contributed by atoms with Gasteiger partial charge in [0.05, 0.1) is 10.7 Å². The van der Waals surface area contributed by atoms with Crippen LogP contribution in [0.25, 0.3) is 0 Å². The fourth-order valence-corrected chi connectivity index (χ4v) is 4.53. The third kappa shape index (κ3) is 4.07. The molecule has 7 heteroatoms. The van der Waals surface area contributed by atoms with E-state index in [2.05, 4.69) is 45.9 Å². The molecule has 0 aromatic carbocycles. The lowest BCUT2D eigenvalue weighted by Gasteiger charge is -2.34. The van der Waals surface area contributed by atoms with Crippen LogP contribution < -0.4 is 10.2 Å². The maximum absolute atomic E-state index is 4.68. The Morgan fingerprint density at radius 2 is 2.04 bits per heavy atom. The van der Waals surface area contributed by atoms with E-state index in [0.29, 0.717) is 12.1 Å². The molecule has 1 fully saturated rings. The van der Waals surface area contributed by atoms with Gasteiger partial charge < -0.3 is 10.2 Å². The van der Waals surface area contributed by atoms with Gasteiger partial charge in [-0.15, -0.1) is 11.3 Å². The van der Waals surface area contributed by atoms with Gasteiger partial charge in [-0.2, -0.15) is 0 Å². The summed E-state index contributed by atoms with van der Waals surface area (Å²) in [6.45, 7) is 8.54. The van der Waals surface area contributed by atoms with Crippen LogP contribution in [0, 0.1) is 13.8 Å². The second-order valence-electron chi connectivity index (χ2n) is 6.23. The molecule has 5 nitrogen and oxygen atoms in total. The van der Waals surface area contributed by atoms with Crippen molar-refractivity contribution in [2.45, 2.75) is 50.9 Å². The van der Waals surface area contributed by atoms with Crippen LogP contribution >= 0.6 is 23.1 Å². The number of nitrogens with zero attached hydrogens (tertiary/aromatic N) is 4. The molecule has 0 amide bonds. The van der Waals surface area contributed by atoms with Gasteiger partial charge in [-0.1, -0.05) is 11.8 Å². The van der Waals surface area contributed by atoms with Gasteiger partial charge in [0.15, 0.2) is 5.16 Å². The van der Waals surface area contributed by atoms with Gasteiger partial charge in [0.2, 0.25) is 0 Å². The summed E-state index contributed by atoms with van der Waals surface area (Å²) in [6.07, 6.45) is 6.13. The van der Waals surface area contributed by atoms with Crippen molar-refractivity contribution >= 4 is 28.9 Å². The molecule has 1 N–H and O–H groups in total. The Hall–Kier alpha value is -1.18. The summed E-state index contributed by atoms with van der Waals surface area (Å²) in [5.41, 5.74) is 1.21. The molecule has 0 unspecified atom stereocenters. The Morgan fingerprint density at radius 1 is 1.29 bits per heavy atom. The number of thiazole rings is 1. The molecule has 3 heterocycles. The van der Waals surface area contributed by atoms with Crippen molar-refractivity contribution < 1.29 is 0 Å². The van der Waals surface area contributed by atoms with Gasteiger partial charge in [-0.3, -0.25) is 0 Å². The minimum Gasteiger partial charge on any atom is -0.356 e. The Bertz CT molecular complexity index is 679. The van der Waals surface area contributed by atoms with Gasteiger partial charge in [0, 0.05) is 36.2 Å². The quantitative estimate of drug-likeness (QED) is 0.647. The smallest absolute Gasteiger partial charge is 0.189 e. The molecule has 1 aliphatic heterocycles. The third-order valence-corrected chi connectivity index (χ3v) is 5.92. The molecule has 2 aromatic rings. The first kappa shape index (κ1) is 17.6. The highest BCUT2D eigenvalue weighted by molar-refractivity contribution is 7.98. The summed E-state index contributed by atoms with van der Waals surface area (Å²) >= 11 is 3.37. The first-order valence-corrected chi connectivity index (χ1v) is 10.4. The largest absolute Gasteiger partial charge is 0.356 e. The number of rotatable bonds is 5. The highest BCUT2D eigenvalue weighted by Crippen LogP contribution is 2.25. The fourth-order valence-electron chi connectivity index (χ4n) is 3.26. The van der Waals surface area contributed by atoms with Crippen LogP contribution in [0.4, 0.5) is 5.82 Å². The van der Waals surface area contributed by atoms with Gasteiger partial charge >= 0.3 is 0 Å². The first-order valence-electron chi connectivity index (χ1n) is 8.38. The van der Waals surface area contributed by atoms with Crippen molar-refractivity contribution in [3.05, 3.63) is 27.8 Å². The minimum absolute atomic E-state index is 0.314. The lowest BCUT2D eigenvalue weighted by molar-refractivity contribution is 0.376. The normalized spacial score (nSPS) is 17.2. The number of anilines is 1. The van der Waals surface area contributed by atoms with E-state index in [0.717, 1.165) is 41.9 Å². The Morgan fingerprint density at radius 3 is 2.67 bits per heavy atom. The van der Waals surface area contributed by atoms with E-state index < -0.39 is 0 Å². The van der Waals surface area contributed by atoms with Gasteiger partial charge in [0.25, 0.3) is 0 Å². The molecule has 24 heavy (non-hydrogen) atoms. The topological polar surface area (TPSA) is 53.9 Å². The summed E-state index contributed by atoms with van der Waals surface area (Å²) in [6, 6.07) is 2.87. The van der Waals surface area contributed by atoms with E-state index in [9.17, 15) is 0 Å². The number of aromatic nitrogens is 3. The van der Waals surface area contributed by atoms with Crippen LogP contribution in [-0.4, -0.2) is 40.3 Å². The molecule has 130 valence electrons. The average molecular weight is 364 g/mol. The second-order valence-corrected chi connectivity index (χ2v) is 8.41. The number of thioether (sulfide) groups is 1. The number of hydrogen-bond acceptors (Lipinski definition) is 7. The van der Waals surface area contributed by atoms with Crippen molar-refractivity contribution in [1.82, 2.24) is 20.3 Å². The lowest BCUT2D eigenvalue weighted by Crippen LogP contribution is -2.43. The molecule has 1 saturated heterocycles. The lowest BCUT2D eigenvalue weighted by atomic mass is 10.0. The van der Waals surface area contributed by atoms with Crippen LogP contribution in [0.15, 0.2) is 17.4 Å². The first-order chi connectivity index (χ1) is 11.6. The SMILES string of the molecule is CSc1nccc(N2CCC(N[C@@H](C)c3nc(C)sc3C)CC2)n1. The summed E-state index contributed by atoms with van der Waals surface area (Å²) in [7, 11) is 0. The molecule has 1 atom stereocenters. The fraction of sp³-hybridized carbons (Fsp3) is 0.588. The van der Waals surface area contributed by atoms with Crippen LogP contribution in [0.1, 0.15) is 41.4 Å². The predicted molar refractivity (Wildman–Crippen MR) is 102 cm³/mol. The standard InChI is InChI=1S/C17H25N5S2/c1-11(16-12(2)24-13(3)20-16)19-14-6-9-22(10-7-14)15-5-8-18-17(21-15)23-4/h5,8,11,14,19H,6-7,9-10H2,1-4H3/t11-/m0/s1. The molecule has 0 saturated carbocycles. The molecule has 0 bridgehead atoms. The molecule has 1 aliphatic rings. The van der Waals surface area contributed by atoms with E-state index >= 15 is 0 Å². The number of nitrogens with one attached hydrogen (secondary N) is 1. The van der Waals surface area contributed by atoms with Crippen LogP contribution in [-0.2, 0) is 0 Å². The van der Waals surface area contributed by atoms with E-state index in [4.69, 9.17) is 0 Å². The zero-order chi connectivity index (χ0) is 17.1. The zero-order valence-corrected chi connectivity index (χ0v) is 16.4. The maximum Gasteiger partial charge on any atom is 0.189 e. The number of piperidine rings is 1. The number of aryl methyl sites for hydroxylation is 2. The van der Waals surface area contributed by atoms with Crippen LogP contribution in [0.3, 0.4) is 0 Å². The highest BCUT2D eigenvalue weighted by atomic mass is 32.2. The van der Waals surface area contributed by atoms with Crippen molar-refractivity contribution in [2.24, 2.45) is 0 Å². The number of hydrogen-bond donors (Lipinski definition) is 1. The molecular formula is C17H25N5S2. The highest BCUT2D eigenvalue weighted by Gasteiger charge is 2.23. The summed E-state index contributed by atoms with van der Waals surface area (Å²) in [4.78, 5) is 17.2. The Labute approximate surface area is 152 Å². The third-order valence-electron chi connectivity index (χ3n) is 4.46. The molecular weight excluding hydrogens is 338 g/mol. The van der Waals surface area contributed by atoms with Gasteiger partial charge in [0.1, 0.15) is 5.82 Å². The zero-order valence-electron chi connectivity index (χ0n) is 14.7. The summed E-state index contributed by atoms with van der Waals surface area (Å²) < 4.78 is 0. The summed E-state index contributed by atoms with van der Waals surface area (Å²) in [5, 5.41) is 5.76. The van der Waals surface area contributed by atoms with Crippen molar-refractivity contribution in [3.63, 3.8) is 0 Å². The Balaban J connectivity index is 1.56. The Kier molecular flexibility index (Phi) is 5.73. The molecule has 2 aromatic heterocycles. The monoisotopic (exact) mass is 363 g/mol.